The molecule has 2 rings (SSSR count). The summed E-state index contributed by atoms with van der Waals surface area (Å²) < 4.78 is 1.79. The number of benzene rings is 1. The van der Waals surface area contributed by atoms with Crippen LogP contribution in [0.3, 0.4) is 0 Å². The van der Waals surface area contributed by atoms with E-state index in [0.717, 1.165) is 17.8 Å². The molecule has 1 aromatic heterocycles. The summed E-state index contributed by atoms with van der Waals surface area (Å²) in [5.74, 6) is -0.827. The molecule has 0 amide bonds. The predicted molar refractivity (Wildman–Crippen MR) is 81.4 cm³/mol. The van der Waals surface area contributed by atoms with E-state index in [1.165, 1.54) is 0 Å². The number of nitrogens with one attached hydrogen (secondary N) is 1. The van der Waals surface area contributed by atoms with E-state index in [1.54, 1.807) is 11.6 Å². The average molecular weight is 287 g/mol. The minimum absolute atomic E-state index is 0.433. The van der Waals surface area contributed by atoms with Crippen molar-refractivity contribution in [3.63, 3.8) is 0 Å². The van der Waals surface area contributed by atoms with Crippen molar-refractivity contribution in [2.24, 2.45) is 0 Å². The second-order valence-corrected chi connectivity index (χ2v) is 5.33. The highest BCUT2D eigenvalue weighted by Crippen LogP contribution is 2.14. The Labute approximate surface area is 124 Å². The molecular weight excluding hydrogens is 266 g/mol. The van der Waals surface area contributed by atoms with E-state index >= 15 is 0 Å². The molecule has 0 radical (unpaired) electrons. The number of carboxylic acid groups (broad SMARTS) is 1. The van der Waals surface area contributed by atoms with Gasteiger partial charge in [0.15, 0.2) is 0 Å². The van der Waals surface area contributed by atoms with Gasteiger partial charge in [-0.3, -0.25) is 10.1 Å². The molecule has 21 heavy (non-hydrogen) atoms. The first-order valence-corrected chi connectivity index (χ1v) is 7.13. The molecule has 5 heteroatoms. The van der Waals surface area contributed by atoms with Crippen LogP contribution in [0.2, 0.25) is 0 Å². The number of hydrogen-bond acceptors (Lipinski definition) is 3. The molecule has 0 aliphatic heterocycles. The zero-order valence-electron chi connectivity index (χ0n) is 12.4. The fraction of sp³-hybridized carbons (Fsp3) is 0.375. The van der Waals surface area contributed by atoms with Gasteiger partial charge < -0.3 is 5.11 Å². The fourth-order valence-corrected chi connectivity index (χ4v) is 2.24. The lowest BCUT2D eigenvalue weighted by Gasteiger charge is -2.25. The monoisotopic (exact) mass is 287 g/mol. The third kappa shape index (κ3) is 3.70. The summed E-state index contributed by atoms with van der Waals surface area (Å²) in [4.78, 5) is 11.4. The Morgan fingerprint density at radius 3 is 2.67 bits per heavy atom. The molecule has 2 N–H and O–H groups in total. The van der Waals surface area contributed by atoms with E-state index in [9.17, 15) is 9.90 Å². The van der Waals surface area contributed by atoms with Crippen molar-refractivity contribution in [3.05, 3.63) is 48.3 Å². The zero-order chi connectivity index (χ0) is 15.3. The maximum absolute atomic E-state index is 11.4. The Morgan fingerprint density at radius 1 is 1.33 bits per heavy atom. The highest BCUT2D eigenvalue weighted by Gasteiger charge is 2.31. The average Bonchev–Trinajstić information content (AvgIpc) is 2.95. The van der Waals surface area contributed by atoms with E-state index in [0.29, 0.717) is 13.0 Å². The van der Waals surface area contributed by atoms with Crippen LogP contribution in [0.1, 0.15) is 32.4 Å². The standard InChI is InChI=1S/C16H21N3O2/c1-3-10-16(2,15(20)21)17-12-13-9-11-19(18-13)14-7-5-4-6-8-14/h4-9,11,17H,3,10,12H2,1-2H3,(H,20,21). The molecule has 0 aliphatic rings. The molecule has 1 aromatic carbocycles. The number of hydrogen-bond donors (Lipinski definition) is 2. The van der Waals surface area contributed by atoms with Crippen LogP contribution in [0.4, 0.5) is 0 Å². The van der Waals surface area contributed by atoms with E-state index in [2.05, 4.69) is 10.4 Å². The summed E-state index contributed by atoms with van der Waals surface area (Å²) in [6.45, 7) is 4.13. The number of carbonyl (C=O) groups is 1. The van der Waals surface area contributed by atoms with Gasteiger partial charge in [-0.15, -0.1) is 0 Å². The van der Waals surface area contributed by atoms with Gasteiger partial charge in [0.1, 0.15) is 5.54 Å². The van der Waals surface area contributed by atoms with Gasteiger partial charge in [-0.25, -0.2) is 4.68 Å². The largest absolute Gasteiger partial charge is 0.480 e. The molecule has 0 fully saturated rings. The van der Waals surface area contributed by atoms with E-state index < -0.39 is 11.5 Å². The summed E-state index contributed by atoms with van der Waals surface area (Å²) in [6, 6.07) is 11.7. The van der Waals surface area contributed by atoms with Crippen molar-refractivity contribution < 1.29 is 9.90 Å². The van der Waals surface area contributed by atoms with Crippen LogP contribution in [-0.2, 0) is 11.3 Å². The van der Waals surface area contributed by atoms with E-state index in [-0.39, 0.29) is 0 Å². The van der Waals surface area contributed by atoms with Gasteiger partial charge >= 0.3 is 5.97 Å². The summed E-state index contributed by atoms with van der Waals surface area (Å²) in [7, 11) is 0. The second-order valence-electron chi connectivity index (χ2n) is 5.33. The molecule has 1 heterocycles. The van der Waals surface area contributed by atoms with Crippen LogP contribution in [0.5, 0.6) is 0 Å². The maximum Gasteiger partial charge on any atom is 0.323 e. The van der Waals surface area contributed by atoms with Gasteiger partial charge in [0.05, 0.1) is 11.4 Å². The molecule has 5 nitrogen and oxygen atoms in total. The minimum atomic E-state index is -0.911. The first-order chi connectivity index (χ1) is 10.0. The number of carboxylic acids is 1. The summed E-state index contributed by atoms with van der Waals surface area (Å²) >= 11 is 0. The van der Waals surface area contributed by atoms with Crippen LogP contribution in [0.15, 0.2) is 42.6 Å². The van der Waals surface area contributed by atoms with Crippen molar-refractivity contribution in [1.29, 1.82) is 0 Å². The van der Waals surface area contributed by atoms with E-state index in [1.807, 2.05) is 49.5 Å². The minimum Gasteiger partial charge on any atom is -0.480 e. The molecule has 112 valence electrons. The topological polar surface area (TPSA) is 67.2 Å². The molecule has 0 saturated heterocycles. The lowest BCUT2D eigenvalue weighted by molar-refractivity contribution is -0.144. The number of nitrogens with zero attached hydrogens (tertiary/aromatic N) is 2. The Kier molecular flexibility index (Phi) is 4.75. The first-order valence-electron chi connectivity index (χ1n) is 7.13. The Balaban J connectivity index is 2.04. The molecule has 2 aromatic rings. The van der Waals surface area contributed by atoms with Gasteiger partial charge in [-0.05, 0) is 31.5 Å². The maximum atomic E-state index is 11.4. The summed E-state index contributed by atoms with van der Waals surface area (Å²) in [6.07, 6.45) is 3.28. The molecule has 0 bridgehead atoms. The van der Waals surface area contributed by atoms with Crippen molar-refractivity contribution in [1.82, 2.24) is 15.1 Å². The highest BCUT2D eigenvalue weighted by atomic mass is 16.4. The zero-order valence-corrected chi connectivity index (χ0v) is 12.4. The number of aliphatic carboxylic acids is 1. The summed E-state index contributed by atoms with van der Waals surface area (Å²) in [5, 5.41) is 16.9. The molecule has 0 aliphatic carbocycles. The quantitative estimate of drug-likeness (QED) is 0.821. The first kappa shape index (κ1) is 15.3. The van der Waals surface area contributed by atoms with Crippen LogP contribution >= 0.6 is 0 Å². The smallest absolute Gasteiger partial charge is 0.323 e. The van der Waals surface area contributed by atoms with Gasteiger partial charge in [0.2, 0.25) is 0 Å². The Morgan fingerprint density at radius 2 is 2.05 bits per heavy atom. The third-order valence-corrected chi connectivity index (χ3v) is 3.55. The Hall–Kier alpha value is -2.14. The lowest BCUT2D eigenvalue weighted by atomic mass is 9.96. The predicted octanol–water partition coefficient (Wildman–Crippen LogP) is 2.61. The van der Waals surface area contributed by atoms with Gasteiger partial charge in [-0.1, -0.05) is 31.5 Å². The lowest BCUT2D eigenvalue weighted by Crippen LogP contribution is -2.49. The SMILES string of the molecule is CCCC(C)(NCc1ccn(-c2ccccc2)n1)C(=O)O. The van der Waals surface area contributed by atoms with Crippen LogP contribution < -0.4 is 5.32 Å². The van der Waals surface area contributed by atoms with Crippen molar-refractivity contribution in [2.45, 2.75) is 38.8 Å². The van der Waals surface area contributed by atoms with Crippen LogP contribution in [-0.4, -0.2) is 26.4 Å². The molecule has 1 atom stereocenters. The number of para-hydroxylation sites is 1. The fourth-order valence-electron chi connectivity index (χ4n) is 2.24. The van der Waals surface area contributed by atoms with Gasteiger partial charge in [0.25, 0.3) is 0 Å². The van der Waals surface area contributed by atoms with Crippen molar-refractivity contribution in [2.75, 3.05) is 0 Å². The molecular formula is C16H21N3O2. The highest BCUT2D eigenvalue weighted by molar-refractivity contribution is 5.78. The van der Waals surface area contributed by atoms with Gasteiger partial charge in [-0.2, -0.15) is 5.10 Å². The molecule has 0 saturated carbocycles. The number of rotatable bonds is 7. The molecule has 1 unspecified atom stereocenters. The second kappa shape index (κ2) is 6.54. The van der Waals surface area contributed by atoms with Gasteiger partial charge in [0, 0.05) is 12.7 Å². The summed E-state index contributed by atoms with van der Waals surface area (Å²) in [5.41, 5.74) is 0.895. The Bertz CT molecular complexity index is 595. The molecule has 0 spiro atoms. The van der Waals surface area contributed by atoms with E-state index in [4.69, 9.17) is 0 Å². The number of aromatic nitrogens is 2. The van der Waals surface area contributed by atoms with Crippen LogP contribution in [0, 0.1) is 0 Å². The van der Waals surface area contributed by atoms with Crippen molar-refractivity contribution >= 4 is 5.97 Å². The van der Waals surface area contributed by atoms with Crippen molar-refractivity contribution in [3.8, 4) is 5.69 Å². The van der Waals surface area contributed by atoms with Crippen LogP contribution in [0.25, 0.3) is 5.69 Å². The third-order valence-electron chi connectivity index (χ3n) is 3.55. The normalized spacial score (nSPS) is 13.8.